The van der Waals surface area contributed by atoms with Crippen molar-refractivity contribution in [2.45, 2.75) is 26.2 Å². The van der Waals surface area contributed by atoms with Crippen LogP contribution in [-0.2, 0) is 14.6 Å². The van der Waals surface area contributed by atoms with Crippen LogP contribution in [0.25, 0.3) is 0 Å². The predicted molar refractivity (Wildman–Crippen MR) is 88.9 cm³/mol. The van der Waals surface area contributed by atoms with Crippen molar-refractivity contribution in [2.24, 2.45) is 16.3 Å². The van der Waals surface area contributed by atoms with E-state index < -0.39 is 9.84 Å². The van der Waals surface area contributed by atoms with E-state index in [-0.39, 0.29) is 11.2 Å². The van der Waals surface area contributed by atoms with Crippen molar-refractivity contribution in [1.29, 1.82) is 0 Å². The molecular weight excluding hydrogens is 302 g/mol. The average molecular weight is 331 g/mol. The minimum Gasteiger partial charge on any atom is -0.381 e. The molecule has 1 saturated heterocycles. The Labute approximate surface area is 134 Å². The first-order chi connectivity index (χ1) is 10.3. The monoisotopic (exact) mass is 331 g/mol. The lowest BCUT2D eigenvalue weighted by atomic mass is 10.1. The number of rotatable bonds is 7. The molecule has 1 aliphatic carbocycles. The van der Waals surface area contributed by atoms with E-state index in [1.54, 1.807) is 0 Å². The van der Waals surface area contributed by atoms with E-state index in [0.29, 0.717) is 12.5 Å². The van der Waals surface area contributed by atoms with Crippen LogP contribution in [0.3, 0.4) is 0 Å². The molecule has 128 valence electrons. The molecule has 1 atom stereocenters. The fourth-order valence-corrected chi connectivity index (χ4v) is 4.49. The zero-order valence-electron chi connectivity index (χ0n) is 14.0. The van der Waals surface area contributed by atoms with Crippen LogP contribution in [0.15, 0.2) is 4.99 Å². The van der Waals surface area contributed by atoms with E-state index in [2.05, 4.69) is 10.2 Å². The number of ether oxygens (including phenoxy) is 1. The highest BCUT2D eigenvalue weighted by molar-refractivity contribution is 7.90. The van der Waals surface area contributed by atoms with E-state index in [4.69, 9.17) is 9.73 Å². The quantitative estimate of drug-likeness (QED) is 0.550. The smallest absolute Gasteiger partial charge is 0.193 e. The average Bonchev–Trinajstić information content (AvgIpc) is 2.96. The minimum atomic E-state index is -2.94. The number of guanidine groups is 1. The molecule has 22 heavy (non-hydrogen) atoms. The molecule has 0 bridgehead atoms. The van der Waals surface area contributed by atoms with Crippen LogP contribution < -0.4 is 5.32 Å². The zero-order valence-corrected chi connectivity index (χ0v) is 14.8. The summed E-state index contributed by atoms with van der Waals surface area (Å²) < 4.78 is 28.5. The van der Waals surface area contributed by atoms with Gasteiger partial charge in [-0.1, -0.05) is 0 Å². The van der Waals surface area contributed by atoms with Gasteiger partial charge in [-0.25, -0.2) is 8.42 Å². The first-order valence-electron chi connectivity index (χ1n) is 8.08. The van der Waals surface area contributed by atoms with Crippen LogP contribution in [0.2, 0.25) is 0 Å². The van der Waals surface area contributed by atoms with Gasteiger partial charge in [0.15, 0.2) is 5.96 Å². The standard InChI is InChI=1S/C15H29N3O3S/c1-4-16-14(18(2)9-13-5-8-21-10-13)17-11-15(6-7-15)12-22(3,19)20/h13H,4-12H2,1-3H3,(H,16,17). The molecule has 6 nitrogen and oxygen atoms in total. The Bertz CT molecular complexity index is 494. The fourth-order valence-electron chi connectivity index (χ4n) is 2.99. The molecule has 2 fully saturated rings. The molecule has 1 saturated carbocycles. The van der Waals surface area contributed by atoms with Gasteiger partial charge in [-0.3, -0.25) is 4.99 Å². The molecule has 1 unspecified atom stereocenters. The highest BCUT2D eigenvalue weighted by atomic mass is 32.2. The second-order valence-electron chi connectivity index (χ2n) is 6.85. The molecule has 0 amide bonds. The van der Waals surface area contributed by atoms with Gasteiger partial charge in [-0.2, -0.15) is 0 Å². The molecule has 1 N–H and O–H groups in total. The van der Waals surface area contributed by atoms with Gasteiger partial charge in [0.2, 0.25) is 0 Å². The Balaban J connectivity index is 1.94. The van der Waals surface area contributed by atoms with Crippen molar-refractivity contribution in [1.82, 2.24) is 10.2 Å². The highest BCUT2D eigenvalue weighted by Crippen LogP contribution is 2.46. The maximum Gasteiger partial charge on any atom is 0.193 e. The van der Waals surface area contributed by atoms with Crippen molar-refractivity contribution in [3.8, 4) is 0 Å². The van der Waals surface area contributed by atoms with Gasteiger partial charge in [0.25, 0.3) is 0 Å². The van der Waals surface area contributed by atoms with Gasteiger partial charge in [-0.05, 0) is 26.2 Å². The maximum atomic E-state index is 11.5. The molecule has 0 aromatic heterocycles. The van der Waals surface area contributed by atoms with Crippen molar-refractivity contribution in [2.75, 3.05) is 51.9 Å². The summed E-state index contributed by atoms with van der Waals surface area (Å²) in [4.78, 5) is 6.84. The molecule has 2 rings (SSSR count). The fraction of sp³-hybridized carbons (Fsp3) is 0.933. The van der Waals surface area contributed by atoms with Crippen LogP contribution in [0.5, 0.6) is 0 Å². The van der Waals surface area contributed by atoms with Crippen LogP contribution in [-0.4, -0.2) is 71.2 Å². The summed E-state index contributed by atoms with van der Waals surface area (Å²) in [6.07, 6.45) is 4.34. The summed E-state index contributed by atoms with van der Waals surface area (Å²) in [7, 11) is -0.901. The first-order valence-corrected chi connectivity index (χ1v) is 10.1. The lowest BCUT2D eigenvalue weighted by Gasteiger charge is -2.25. The normalized spacial score (nSPS) is 24.3. The summed E-state index contributed by atoms with van der Waals surface area (Å²) in [6, 6.07) is 0. The third-order valence-electron chi connectivity index (χ3n) is 4.34. The number of nitrogens with zero attached hydrogens (tertiary/aromatic N) is 2. The molecule has 2 aliphatic rings. The van der Waals surface area contributed by atoms with Crippen molar-refractivity contribution < 1.29 is 13.2 Å². The topological polar surface area (TPSA) is 71.0 Å². The van der Waals surface area contributed by atoms with Crippen LogP contribution in [0.4, 0.5) is 0 Å². The van der Waals surface area contributed by atoms with Crippen molar-refractivity contribution >= 4 is 15.8 Å². The summed E-state index contributed by atoms with van der Waals surface area (Å²) in [5, 5.41) is 3.31. The number of hydrogen-bond acceptors (Lipinski definition) is 4. The number of sulfone groups is 1. The van der Waals surface area contributed by atoms with E-state index in [9.17, 15) is 8.42 Å². The summed E-state index contributed by atoms with van der Waals surface area (Å²) in [5.41, 5.74) is -0.119. The van der Waals surface area contributed by atoms with Gasteiger partial charge in [0, 0.05) is 50.9 Å². The molecule has 0 spiro atoms. The molecular formula is C15H29N3O3S. The molecule has 7 heteroatoms. The van der Waals surface area contributed by atoms with E-state index in [1.165, 1.54) is 6.26 Å². The Morgan fingerprint density at radius 2 is 2.18 bits per heavy atom. The second kappa shape index (κ2) is 7.17. The third kappa shape index (κ3) is 5.43. The van der Waals surface area contributed by atoms with Crippen molar-refractivity contribution in [3.63, 3.8) is 0 Å². The molecule has 0 aromatic rings. The van der Waals surface area contributed by atoms with Gasteiger partial charge >= 0.3 is 0 Å². The Morgan fingerprint density at radius 1 is 1.45 bits per heavy atom. The van der Waals surface area contributed by atoms with E-state index in [1.807, 2.05) is 14.0 Å². The molecule has 1 heterocycles. The zero-order chi connectivity index (χ0) is 16.2. The largest absolute Gasteiger partial charge is 0.381 e. The Kier molecular flexibility index (Phi) is 5.71. The van der Waals surface area contributed by atoms with Crippen LogP contribution in [0, 0.1) is 11.3 Å². The second-order valence-corrected chi connectivity index (χ2v) is 8.99. The molecule has 0 radical (unpaired) electrons. The lowest BCUT2D eigenvalue weighted by Crippen LogP contribution is -2.42. The summed E-state index contributed by atoms with van der Waals surface area (Å²) in [5.74, 6) is 1.68. The van der Waals surface area contributed by atoms with Gasteiger partial charge in [0.05, 0.1) is 12.4 Å². The number of nitrogens with one attached hydrogen (secondary N) is 1. The van der Waals surface area contributed by atoms with Crippen LogP contribution in [0.1, 0.15) is 26.2 Å². The number of hydrogen-bond donors (Lipinski definition) is 1. The van der Waals surface area contributed by atoms with Crippen molar-refractivity contribution in [3.05, 3.63) is 0 Å². The van der Waals surface area contributed by atoms with E-state index >= 15 is 0 Å². The Morgan fingerprint density at radius 3 is 2.68 bits per heavy atom. The minimum absolute atomic E-state index is 0.119. The predicted octanol–water partition coefficient (Wildman–Crippen LogP) is 0.745. The Hall–Kier alpha value is -0.820. The number of aliphatic imine (C=N–C) groups is 1. The molecule has 1 aliphatic heterocycles. The molecule has 0 aromatic carbocycles. The highest BCUT2D eigenvalue weighted by Gasteiger charge is 2.45. The summed E-state index contributed by atoms with van der Waals surface area (Å²) in [6.45, 7) is 6.04. The van der Waals surface area contributed by atoms with E-state index in [0.717, 1.165) is 51.5 Å². The SMILES string of the molecule is CCNC(=NCC1(CS(C)(=O)=O)CC1)N(C)CC1CCOC1. The van der Waals surface area contributed by atoms with Gasteiger partial charge in [0.1, 0.15) is 9.84 Å². The third-order valence-corrected chi connectivity index (χ3v) is 5.48. The van der Waals surface area contributed by atoms with Gasteiger partial charge in [-0.15, -0.1) is 0 Å². The maximum absolute atomic E-state index is 11.5. The lowest BCUT2D eigenvalue weighted by molar-refractivity contribution is 0.181. The summed E-state index contributed by atoms with van der Waals surface area (Å²) >= 11 is 0. The van der Waals surface area contributed by atoms with Crippen LogP contribution >= 0.6 is 0 Å². The first kappa shape index (κ1) is 17.5. The van der Waals surface area contributed by atoms with Gasteiger partial charge < -0.3 is 15.0 Å².